The van der Waals surface area contributed by atoms with Crippen LogP contribution >= 0.6 is 0 Å². The molecular formula is C11H18F3N5. The molecule has 2 rings (SSSR count). The fourth-order valence-electron chi connectivity index (χ4n) is 2.82. The van der Waals surface area contributed by atoms with Crippen LogP contribution in [0.1, 0.15) is 37.4 Å². The van der Waals surface area contributed by atoms with Gasteiger partial charge in [-0.3, -0.25) is 16.0 Å². The van der Waals surface area contributed by atoms with Gasteiger partial charge in [0.15, 0.2) is 0 Å². The molecule has 1 aliphatic rings. The minimum Gasteiger partial charge on any atom is -0.271 e. The first-order valence-electron chi connectivity index (χ1n) is 6.31. The Morgan fingerprint density at radius 2 is 2.00 bits per heavy atom. The lowest BCUT2D eigenvalue weighted by molar-refractivity contribution is -0.184. The Bertz CT molecular complexity index is 409. The second-order valence-corrected chi connectivity index (χ2v) is 5.08. The summed E-state index contributed by atoms with van der Waals surface area (Å²) in [5.74, 6) is 4.45. The van der Waals surface area contributed by atoms with Gasteiger partial charge in [-0.2, -0.15) is 13.2 Å². The Labute approximate surface area is 109 Å². The van der Waals surface area contributed by atoms with E-state index in [1.807, 2.05) is 0 Å². The fourth-order valence-corrected chi connectivity index (χ4v) is 2.82. The average molecular weight is 277 g/mol. The van der Waals surface area contributed by atoms with Gasteiger partial charge in [0.2, 0.25) is 0 Å². The van der Waals surface area contributed by atoms with Crippen LogP contribution in [-0.2, 0) is 7.05 Å². The second kappa shape index (κ2) is 5.46. The van der Waals surface area contributed by atoms with Crippen molar-refractivity contribution in [1.82, 2.24) is 20.4 Å². The smallest absolute Gasteiger partial charge is 0.271 e. The van der Waals surface area contributed by atoms with Gasteiger partial charge in [0, 0.05) is 7.05 Å². The summed E-state index contributed by atoms with van der Waals surface area (Å²) in [5, 5.41) is 7.60. The number of aromatic nitrogens is 3. The highest BCUT2D eigenvalue weighted by molar-refractivity contribution is 5.04. The number of rotatable bonds is 3. The lowest BCUT2D eigenvalue weighted by Crippen LogP contribution is -2.38. The Morgan fingerprint density at radius 3 is 2.42 bits per heavy atom. The van der Waals surface area contributed by atoms with Crippen molar-refractivity contribution in [2.24, 2.45) is 24.7 Å². The van der Waals surface area contributed by atoms with Crippen LogP contribution in [0.4, 0.5) is 13.2 Å². The molecule has 108 valence electrons. The van der Waals surface area contributed by atoms with Crippen molar-refractivity contribution in [3.05, 3.63) is 11.9 Å². The van der Waals surface area contributed by atoms with E-state index in [9.17, 15) is 13.2 Å². The van der Waals surface area contributed by atoms with E-state index >= 15 is 0 Å². The van der Waals surface area contributed by atoms with Crippen LogP contribution in [0.25, 0.3) is 0 Å². The lowest BCUT2D eigenvalue weighted by Gasteiger charge is -2.34. The summed E-state index contributed by atoms with van der Waals surface area (Å²) < 4.78 is 39.5. The topological polar surface area (TPSA) is 68.8 Å². The molecule has 0 saturated heterocycles. The number of hydrazine groups is 1. The summed E-state index contributed by atoms with van der Waals surface area (Å²) in [6.45, 7) is 0. The third kappa shape index (κ3) is 3.06. The molecule has 5 nitrogen and oxygen atoms in total. The first-order valence-corrected chi connectivity index (χ1v) is 6.31. The van der Waals surface area contributed by atoms with Crippen molar-refractivity contribution >= 4 is 0 Å². The number of aryl methyl sites for hydroxylation is 1. The number of hydrogen-bond acceptors (Lipinski definition) is 4. The van der Waals surface area contributed by atoms with E-state index in [0.29, 0.717) is 12.8 Å². The normalized spacial score (nSPS) is 26.4. The molecule has 0 spiro atoms. The van der Waals surface area contributed by atoms with Crippen LogP contribution in [0.5, 0.6) is 0 Å². The quantitative estimate of drug-likeness (QED) is 0.651. The highest BCUT2D eigenvalue weighted by Crippen LogP contribution is 2.42. The second-order valence-electron chi connectivity index (χ2n) is 5.08. The fraction of sp³-hybridized carbons (Fsp3) is 0.818. The van der Waals surface area contributed by atoms with Gasteiger partial charge in [0.25, 0.3) is 0 Å². The average Bonchev–Trinajstić information content (AvgIpc) is 2.76. The molecule has 1 aromatic heterocycles. The van der Waals surface area contributed by atoms with E-state index in [2.05, 4.69) is 15.7 Å². The van der Waals surface area contributed by atoms with Crippen molar-refractivity contribution < 1.29 is 13.2 Å². The van der Waals surface area contributed by atoms with E-state index in [1.165, 1.54) is 0 Å². The first-order chi connectivity index (χ1) is 8.93. The zero-order chi connectivity index (χ0) is 14.0. The van der Waals surface area contributed by atoms with Crippen molar-refractivity contribution in [2.75, 3.05) is 0 Å². The van der Waals surface area contributed by atoms with Crippen LogP contribution < -0.4 is 11.3 Å². The summed E-state index contributed by atoms with van der Waals surface area (Å²) in [5.41, 5.74) is 3.49. The minimum absolute atomic E-state index is 0.0841. The van der Waals surface area contributed by atoms with Gasteiger partial charge in [-0.1, -0.05) is 5.21 Å². The highest BCUT2D eigenvalue weighted by Gasteiger charge is 2.42. The molecule has 3 N–H and O–H groups in total. The van der Waals surface area contributed by atoms with Gasteiger partial charge in [0.05, 0.1) is 23.9 Å². The van der Waals surface area contributed by atoms with Gasteiger partial charge >= 0.3 is 6.18 Å². The minimum atomic E-state index is -4.08. The SMILES string of the molecule is Cn1nncc1C(NN)C1CCC(C(F)(F)F)CC1. The molecule has 1 aliphatic carbocycles. The summed E-state index contributed by atoms with van der Waals surface area (Å²) in [7, 11) is 1.74. The number of nitrogens with zero attached hydrogens (tertiary/aromatic N) is 3. The molecule has 19 heavy (non-hydrogen) atoms. The predicted molar refractivity (Wildman–Crippen MR) is 62.6 cm³/mol. The van der Waals surface area contributed by atoms with Crippen molar-refractivity contribution in [3.8, 4) is 0 Å². The molecule has 1 aromatic rings. The van der Waals surface area contributed by atoms with Crippen LogP contribution in [0, 0.1) is 11.8 Å². The predicted octanol–water partition coefficient (Wildman–Crippen LogP) is 1.69. The summed E-state index contributed by atoms with van der Waals surface area (Å²) in [6, 6.07) is -0.200. The van der Waals surface area contributed by atoms with Gasteiger partial charge in [-0.25, -0.2) is 0 Å². The molecule has 0 amide bonds. The summed E-state index contributed by atoms with van der Waals surface area (Å²) >= 11 is 0. The molecule has 1 fully saturated rings. The number of hydrogen-bond donors (Lipinski definition) is 2. The van der Waals surface area contributed by atoms with Crippen LogP contribution in [0.2, 0.25) is 0 Å². The van der Waals surface area contributed by atoms with E-state index < -0.39 is 12.1 Å². The molecule has 0 radical (unpaired) electrons. The Kier molecular flexibility index (Phi) is 4.10. The number of nitrogens with two attached hydrogens (primary N) is 1. The van der Waals surface area contributed by atoms with E-state index in [-0.39, 0.29) is 24.8 Å². The largest absolute Gasteiger partial charge is 0.391 e. The zero-order valence-corrected chi connectivity index (χ0v) is 10.7. The van der Waals surface area contributed by atoms with E-state index in [0.717, 1.165) is 5.69 Å². The van der Waals surface area contributed by atoms with Gasteiger partial charge < -0.3 is 0 Å². The van der Waals surface area contributed by atoms with Crippen molar-refractivity contribution in [2.45, 2.75) is 37.9 Å². The lowest BCUT2D eigenvalue weighted by atomic mass is 9.77. The Morgan fingerprint density at radius 1 is 1.37 bits per heavy atom. The van der Waals surface area contributed by atoms with E-state index in [1.54, 1.807) is 17.9 Å². The standard InChI is InChI=1S/C11H18F3N5/c1-19-9(6-16-18-19)10(17-15)7-2-4-8(5-3-7)11(12,13)14/h6-8,10,17H,2-5,15H2,1H3. The van der Waals surface area contributed by atoms with Gasteiger partial charge in [-0.15, -0.1) is 5.10 Å². The van der Waals surface area contributed by atoms with Gasteiger partial charge in [-0.05, 0) is 31.6 Å². The molecular weight excluding hydrogens is 259 g/mol. The van der Waals surface area contributed by atoms with Crippen molar-refractivity contribution in [3.63, 3.8) is 0 Å². The van der Waals surface area contributed by atoms with Crippen LogP contribution in [-0.4, -0.2) is 21.2 Å². The molecule has 8 heteroatoms. The zero-order valence-electron chi connectivity index (χ0n) is 10.7. The molecule has 0 aliphatic heterocycles. The first kappa shape index (κ1) is 14.3. The molecule has 1 atom stereocenters. The number of halogens is 3. The molecule has 1 saturated carbocycles. The Balaban J connectivity index is 2.02. The molecule has 1 unspecified atom stereocenters. The monoisotopic (exact) mass is 277 g/mol. The van der Waals surface area contributed by atoms with Gasteiger partial charge in [0.1, 0.15) is 0 Å². The third-order valence-corrected chi connectivity index (χ3v) is 3.95. The summed E-state index contributed by atoms with van der Waals surface area (Å²) in [4.78, 5) is 0. The summed E-state index contributed by atoms with van der Waals surface area (Å²) in [6.07, 6.45) is -1.14. The van der Waals surface area contributed by atoms with Crippen LogP contribution in [0.3, 0.4) is 0 Å². The molecule has 1 heterocycles. The third-order valence-electron chi connectivity index (χ3n) is 3.95. The van der Waals surface area contributed by atoms with E-state index in [4.69, 9.17) is 5.84 Å². The van der Waals surface area contributed by atoms with Crippen LogP contribution in [0.15, 0.2) is 6.20 Å². The van der Waals surface area contributed by atoms with Crippen molar-refractivity contribution in [1.29, 1.82) is 0 Å². The maximum atomic E-state index is 12.6. The maximum absolute atomic E-state index is 12.6. The molecule has 0 aromatic carbocycles. The maximum Gasteiger partial charge on any atom is 0.391 e. The highest BCUT2D eigenvalue weighted by atomic mass is 19.4. The Hall–Kier alpha value is -1.15. The number of nitrogens with one attached hydrogen (secondary N) is 1. The molecule has 0 bridgehead atoms. The number of alkyl halides is 3.